The van der Waals surface area contributed by atoms with Crippen LogP contribution in [0.2, 0.25) is 0 Å². The van der Waals surface area contributed by atoms with Gasteiger partial charge < -0.3 is 25.2 Å². The normalized spacial score (nSPS) is 23.4. The zero-order valence-electron chi connectivity index (χ0n) is 24.6. The van der Waals surface area contributed by atoms with E-state index in [1.807, 2.05) is 44.2 Å². The Kier molecular flexibility index (Phi) is 17.9. The molecule has 8 heteroatoms. The van der Waals surface area contributed by atoms with Gasteiger partial charge in [-0.15, -0.1) is 0 Å². The first-order chi connectivity index (χ1) is 19.4. The fraction of sp³-hybridized carbons (Fsp3) is 0.515. The van der Waals surface area contributed by atoms with Crippen molar-refractivity contribution in [2.24, 2.45) is 17.8 Å². The summed E-state index contributed by atoms with van der Waals surface area (Å²) in [4.78, 5) is 23.2. The minimum absolute atomic E-state index is 0.106. The second kappa shape index (κ2) is 20.2. The van der Waals surface area contributed by atoms with E-state index in [0.717, 1.165) is 5.57 Å². The standard InChI is InChI=1S/C33H47ClO7/c1-23(2)13-7-5-6-8-17-28(35)30(37)21-25(4)27(34)16-11-9-14-24(3)15-10-12-18-32(38)41-31-22-26(33(39)40)19-20-29(31)36/h5-7,9-16,18,23,25-26,28-31,35-37H,8,17,19-22H2,1-4H3,(H,39,40)/b6-5+,11-9+,13-7+,15-10+,18-12+,24-14+,27-16-/t25-,26-,28+,29-,30-,31+/m0/s1. The lowest BCUT2D eigenvalue weighted by atomic mass is 9.85. The van der Waals surface area contributed by atoms with Crippen molar-refractivity contribution in [1.29, 1.82) is 0 Å². The van der Waals surface area contributed by atoms with E-state index in [4.69, 9.17) is 21.4 Å². The maximum absolute atomic E-state index is 12.0. The fourth-order valence-electron chi connectivity index (χ4n) is 4.12. The quantitative estimate of drug-likeness (QED) is 0.0961. The van der Waals surface area contributed by atoms with Crippen LogP contribution in [-0.4, -0.2) is 56.8 Å². The lowest BCUT2D eigenvalue weighted by molar-refractivity contribution is -0.159. The molecule has 4 N–H and O–H groups in total. The van der Waals surface area contributed by atoms with Crippen molar-refractivity contribution in [2.75, 3.05) is 0 Å². The van der Waals surface area contributed by atoms with E-state index in [2.05, 4.69) is 19.9 Å². The van der Waals surface area contributed by atoms with E-state index in [1.165, 1.54) is 12.2 Å². The van der Waals surface area contributed by atoms with E-state index in [-0.39, 0.29) is 18.8 Å². The number of carbonyl (C=O) groups is 2. The average Bonchev–Trinajstić information content (AvgIpc) is 2.91. The first-order valence-corrected chi connectivity index (χ1v) is 14.6. The number of carbonyl (C=O) groups excluding carboxylic acids is 1. The third kappa shape index (κ3) is 16.4. The molecule has 6 atom stereocenters. The van der Waals surface area contributed by atoms with E-state index < -0.39 is 42.3 Å². The second-order valence-electron chi connectivity index (χ2n) is 10.9. The van der Waals surface area contributed by atoms with Gasteiger partial charge in [0.1, 0.15) is 6.10 Å². The largest absolute Gasteiger partial charge is 0.481 e. The van der Waals surface area contributed by atoms with Crippen LogP contribution in [-0.2, 0) is 14.3 Å². The summed E-state index contributed by atoms with van der Waals surface area (Å²) in [5.74, 6) is -1.82. The van der Waals surface area contributed by atoms with Crippen molar-refractivity contribution in [1.82, 2.24) is 0 Å². The number of carboxylic acids is 1. The highest BCUT2D eigenvalue weighted by atomic mass is 35.5. The predicted octanol–water partition coefficient (Wildman–Crippen LogP) is 6.18. The molecule has 0 aromatic rings. The molecular formula is C33H47ClO7. The van der Waals surface area contributed by atoms with E-state index in [0.29, 0.717) is 36.6 Å². The van der Waals surface area contributed by atoms with Gasteiger partial charge in [0.15, 0.2) is 0 Å². The Bertz CT molecular complexity index is 1020. The third-order valence-corrected chi connectivity index (χ3v) is 7.18. The molecule has 0 aromatic heterocycles. The van der Waals surface area contributed by atoms with Crippen LogP contribution in [0.1, 0.15) is 66.2 Å². The molecule has 7 nitrogen and oxygen atoms in total. The van der Waals surface area contributed by atoms with Crippen molar-refractivity contribution in [3.05, 3.63) is 83.5 Å². The summed E-state index contributed by atoms with van der Waals surface area (Å²) in [5, 5.41) is 40.3. The Morgan fingerprint density at radius 1 is 0.951 bits per heavy atom. The van der Waals surface area contributed by atoms with Crippen molar-refractivity contribution in [2.45, 2.75) is 90.6 Å². The molecule has 0 aromatic carbocycles. The number of aliphatic hydroxyl groups excluding tert-OH is 3. The molecule has 0 aliphatic heterocycles. The van der Waals surface area contributed by atoms with Crippen LogP contribution < -0.4 is 0 Å². The number of esters is 1. The summed E-state index contributed by atoms with van der Waals surface area (Å²) in [5.41, 5.74) is 0.913. The number of halogens is 1. The molecule has 1 rings (SSSR count). The second-order valence-corrected chi connectivity index (χ2v) is 11.3. The molecule has 1 fully saturated rings. The van der Waals surface area contributed by atoms with Crippen molar-refractivity contribution >= 4 is 23.5 Å². The molecule has 228 valence electrons. The molecule has 0 bridgehead atoms. The molecule has 1 saturated carbocycles. The Morgan fingerprint density at radius 3 is 2.32 bits per heavy atom. The van der Waals surface area contributed by atoms with Gasteiger partial charge in [0, 0.05) is 17.5 Å². The molecule has 41 heavy (non-hydrogen) atoms. The number of hydrogen-bond acceptors (Lipinski definition) is 6. The molecule has 1 aliphatic rings. The first kappa shape index (κ1) is 36.3. The number of ether oxygens (including phenoxy) is 1. The first-order valence-electron chi connectivity index (χ1n) is 14.3. The Balaban J connectivity index is 2.45. The van der Waals surface area contributed by atoms with Crippen LogP contribution in [0.3, 0.4) is 0 Å². The molecular weight excluding hydrogens is 544 g/mol. The van der Waals surface area contributed by atoms with E-state index in [9.17, 15) is 24.9 Å². The van der Waals surface area contributed by atoms with Gasteiger partial charge in [0.2, 0.25) is 0 Å². The summed E-state index contributed by atoms with van der Waals surface area (Å²) in [6.45, 7) is 8.00. The predicted molar refractivity (Wildman–Crippen MR) is 164 cm³/mol. The van der Waals surface area contributed by atoms with E-state index in [1.54, 1.807) is 24.3 Å². The number of allylic oxidation sites excluding steroid dienone is 13. The minimum Gasteiger partial charge on any atom is -0.481 e. The van der Waals surface area contributed by atoms with E-state index >= 15 is 0 Å². The number of aliphatic hydroxyl groups is 3. The molecule has 0 heterocycles. The molecule has 0 spiro atoms. The molecule has 0 unspecified atom stereocenters. The van der Waals surface area contributed by atoms with Crippen molar-refractivity contribution < 1.29 is 34.8 Å². The van der Waals surface area contributed by atoms with Gasteiger partial charge in [-0.3, -0.25) is 4.79 Å². The van der Waals surface area contributed by atoms with Gasteiger partial charge in [-0.25, -0.2) is 4.79 Å². The third-order valence-electron chi connectivity index (χ3n) is 6.68. The lowest BCUT2D eigenvalue weighted by Gasteiger charge is -2.30. The van der Waals surface area contributed by atoms with Gasteiger partial charge in [-0.1, -0.05) is 98.7 Å². The van der Waals surface area contributed by atoms with Gasteiger partial charge in [-0.2, -0.15) is 0 Å². The fourth-order valence-corrected chi connectivity index (χ4v) is 4.28. The number of aliphatic carboxylic acids is 1. The highest BCUT2D eigenvalue weighted by Crippen LogP contribution is 2.27. The lowest BCUT2D eigenvalue weighted by Crippen LogP contribution is -2.39. The molecule has 0 saturated heterocycles. The van der Waals surface area contributed by atoms with Gasteiger partial charge in [-0.05, 0) is 56.9 Å². The number of rotatable bonds is 16. The Morgan fingerprint density at radius 2 is 1.63 bits per heavy atom. The molecule has 0 amide bonds. The van der Waals surface area contributed by atoms with Crippen LogP contribution in [0, 0.1) is 17.8 Å². The highest BCUT2D eigenvalue weighted by Gasteiger charge is 2.34. The van der Waals surface area contributed by atoms with Crippen molar-refractivity contribution in [3.63, 3.8) is 0 Å². The van der Waals surface area contributed by atoms with Crippen LogP contribution in [0.4, 0.5) is 0 Å². The Labute approximate surface area is 250 Å². The highest BCUT2D eigenvalue weighted by molar-refractivity contribution is 6.29. The SMILES string of the molecule is CC(/C=C/C=C/C(=O)O[C@@H]1C[C@@H](C(=O)O)CC[C@@H]1O)=C\C=C\C=C(/Cl)[C@@H](C)C[C@H](O)[C@H](O)CC/C=C/C=C/C(C)C. The summed E-state index contributed by atoms with van der Waals surface area (Å²) >= 11 is 6.38. The summed E-state index contributed by atoms with van der Waals surface area (Å²) in [6, 6.07) is 0. The van der Waals surface area contributed by atoms with Crippen LogP contribution in [0.5, 0.6) is 0 Å². The maximum atomic E-state index is 12.0. The summed E-state index contributed by atoms with van der Waals surface area (Å²) in [7, 11) is 0. The monoisotopic (exact) mass is 590 g/mol. The van der Waals surface area contributed by atoms with Gasteiger partial charge >= 0.3 is 11.9 Å². The zero-order chi connectivity index (χ0) is 30.8. The molecule has 0 radical (unpaired) electrons. The van der Waals surface area contributed by atoms with Crippen molar-refractivity contribution in [3.8, 4) is 0 Å². The van der Waals surface area contributed by atoms with Crippen LogP contribution >= 0.6 is 11.6 Å². The number of carboxylic acid groups (broad SMARTS) is 1. The zero-order valence-corrected chi connectivity index (χ0v) is 25.4. The summed E-state index contributed by atoms with van der Waals surface area (Å²) in [6.07, 6.45) is 20.4. The van der Waals surface area contributed by atoms with Crippen LogP contribution in [0.15, 0.2) is 83.5 Å². The van der Waals surface area contributed by atoms with Gasteiger partial charge in [0.05, 0.1) is 24.2 Å². The number of hydrogen-bond donors (Lipinski definition) is 4. The van der Waals surface area contributed by atoms with Gasteiger partial charge in [0.25, 0.3) is 0 Å². The smallest absolute Gasteiger partial charge is 0.331 e. The van der Waals surface area contributed by atoms with Crippen LogP contribution in [0.25, 0.3) is 0 Å². The summed E-state index contributed by atoms with van der Waals surface area (Å²) < 4.78 is 5.23. The average molecular weight is 591 g/mol. The topological polar surface area (TPSA) is 124 Å². The maximum Gasteiger partial charge on any atom is 0.331 e. The Hall–Kier alpha value is -2.71. The molecule has 1 aliphatic carbocycles. The minimum atomic E-state index is -0.945.